The first kappa shape index (κ1) is 22.0. The number of guanidine groups is 1. The first-order valence-corrected chi connectivity index (χ1v) is 9.94. The number of piperidine rings is 1. The van der Waals surface area contributed by atoms with Crippen molar-refractivity contribution in [3.63, 3.8) is 0 Å². The van der Waals surface area contributed by atoms with Crippen LogP contribution < -0.4 is 10.6 Å². The molecular formula is C21H34N4O3. The van der Waals surface area contributed by atoms with Crippen LogP contribution in [0.5, 0.6) is 0 Å². The Balaban J connectivity index is 1.69. The highest BCUT2D eigenvalue weighted by Crippen LogP contribution is 2.15. The minimum absolute atomic E-state index is 0.151. The van der Waals surface area contributed by atoms with Gasteiger partial charge in [-0.15, -0.1) is 0 Å². The van der Waals surface area contributed by atoms with Crippen molar-refractivity contribution in [1.29, 1.82) is 0 Å². The Morgan fingerprint density at radius 1 is 1.29 bits per heavy atom. The molecule has 1 aliphatic heterocycles. The normalized spacial score (nSPS) is 17.9. The van der Waals surface area contributed by atoms with Crippen LogP contribution in [0, 0.1) is 0 Å². The van der Waals surface area contributed by atoms with E-state index in [2.05, 4.69) is 15.6 Å². The van der Waals surface area contributed by atoms with Crippen LogP contribution in [0.4, 0.5) is 4.79 Å². The van der Waals surface area contributed by atoms with Crippen LogP contribution in [-0.4, -0.2) is 61.9 Å². The van der Waals surface area contributed by atoms with Crippen molar-refractivity contribution in [1.82, 2.24) is 15.5 Å². The van der Waals surface area contributed by atoms with E-state index < -0.39 is 5.60 Å². The van der Waals surface area contributed by atoms with Gasteiger partial charge in [0.15, 0.2) is 5.96 Å². The van der Waals surface area contributed by atoms with Crippen LogP contribution in [0.15, 0.2) is 35.3 Å². The van der Waals surface area contributed by atoms with Gasteiger partial charge in [0.05, 0.1) is 13.2 Å². The van der Waals surface area contributed by atoms with Gasteiger partial charge >= 0.3 is 6.09 Å². The highest BCUT2D eigenvalue weighted by molar-refractivity contribution is 5.80. The predicted molar refractivity (Wildman–Crippen MR) is 111 cm³/mol. The summed E-state index contributed by atoms with van der Waals surface area (Å²) in [5, 5.41) is 6.66. The highest BCUT2D eigenvalue weighted by Gasteiger charge is 2.27. The monoisotopic (exact) mass is 390 g/mol. The zero-order valence-electron chi connectivity index (χ0n) is 17.5. The number of carbonyl (C=O) groups excluding carboxylic acids is 1. The minimum atomic E-state index is -0.477. The number of nitrogens with zero attached hydrogens (tertiary/aromatic N) is 2. The number of carbonyl (C=O) groups is 1. The van der Waals surface area contributed by atoms with E-state index in [0.717, 1.165) is 30.9 Å². The van der Waals surface area contributed by atoms with Crippen molar-refractivity contribution < 1.29 is 14.3 Å². The molecule has 1 aromatic rings. The van der Waals surface area contributed by atoms with E-state index in [1.54, 1.807) is 11.9 Å². The van der Waals surface area contributed by atoms with Gasteiger partial charge in [-0.1, -0.05) is 30.3 Å². The minimum Gasteiger partial charge on any atom is -0.444 e. The first-order valence-electron chi connectivity index (χ1n) is 9.94. The molecule has 1 aromatic carbocycles. The van der Waals surface area contributed by atoms with Gasteiger partial charge in [-0.05, 0) is 39.2 Å². The van der Waals surface area contributed by atoms with Crippen molar-refractivity contribution in [3.05, 3.63) is 35.9 Å². The average molecular weight is 391 g/mol. The molecule has 2 N–H and O–H groups in total. The van der Waals surface area contributed by atoms with E-state index >= 15 is 0 Å². The maximum atomic E-state index is 12.3. The SMILES string of the molecule is CN=C(NCCOCc1ccccc1)NC1CCCN(C(=O)OC(C)(C)C)C1. The van der Waals surface area contributed by atoms with Crippen molar-refractivity contribution in [2.24, 2.45) is 4.99 Å². The number of nitrogens with one attached hydrogen (secondary N) is 2. The molecular weight excluding hydrogens is 356 g/mol. The molecule has 1 amide bonds. The summed E-state index contributed by atoms with van der Waals surface area (Å²) in [5.74, 6) is 0.722. The Kier molecular flexibility index (Phi) is 8.57. The third-order valence-corrected chi connectivity index (χ3v) is 4.29. The molecule has 2 rings (SSSR count). The molecule has 156 valence electrons. The standard InChI is InChI=1S/C21H34N4O3/c1-21(2,3)28-20(26)25-13-8-11-18(15-25)24-19(22-4)23-12-14-27-16-17-9-6-5-7-10-17/h5-7,9-10,18H,8,11-16H2,1-4H3,(H2,22,23,24). The van der Waals surface area contributed by atoms with E-state index in [9.17, 15) is 4.79 Å². The topological polar surface area (TPSA) is 75.2 Å². The molecule has 1 heterocycles. The maximum absolute atomic E-state index is 12.3. The maximum Gasteiger partial charge on any atom is 0.410 e. The fourth-order valence-corrected chi connectivity index (χ4v) is 2.98. The molecule has 28 heavy (non-hydrogen) atoms. The molecule has 1 saturated heterocycles. The molecule has 0 saturated carbocycles. The van der Waals surface area contributed by atoms with Crippen LogP contribution in [-0.2, 0) is 16.1 Å². The second-order valence-electron chi connectivity index (χ2n) is 7.95. The molecule has 0 spiro atoms. The number of ether oxygens (including phenoxy) is 2. The molecule has 1 aliphatic rings. The van der Waals surface area contributed by atoms with E-state index in [1.807, 2.05) is 51.1 Å². The predicted octanol–water partition coefficient (Wildman–Crippen LogP) is 2.77. The molecule has 7 heteroatoms. The number of aliphatic imine (C=N–C) groups is 1. The molecule has 1 atom stereocenters. The lowest BCUT2D eigenvalue weighted by Crippen LogP contribution is -2.53. The molecule has 1 fully saturated rings. The lowest BCUT2D eigenvalue weighted by atomic mass is 10.1. The van der Waals surface area contributed by atoms with Gasteiger partial charge in [0, 0.05) is 32.7 Å². The number of amides is 1. The quantitative estimate of drug-likeness (QED) is 0.444. The van der Waals surface area contributed by atoms with E-state index in [0.29, 0.717) is 26.3 Å². The number of likely N-dealkylation sites (tertiary alicyclic amines) is 1. The largest absolute Gasteiger partial charge is 0.444 e. The second-order valence-corrected chi connectivity index (χ2v) is 7.95. The molecule has 1 unspecified atom stereocenters. The van der Waals surface area contributed by atoms with E-state index in [-0.39, 0.29) is 12.1 Å². The van der Waals surface area contributed by atoms with Gasteiger partial charge in [-0.25, -0.2) is 4.79 Å². The average Bonchev–Trinajstić information content (AvgIpc) is 2.66. The van der Waals surface area contributed by atoms with Gasteiger partial charge in [0.2, 0.25) is 0 Å². The van der Waals surface area contributed by atoms with Crippen LogP contribution in [0.3, 0.4) is 0 Å². The summed E-state index contributed by atoms with van der Waals surface area (Å²) in [7, 11) is 1.74. The van der Waals surface area contributed by atoms with Crippen LogP contribution in [0.2, 0.25) is 0 Å². The zero-order valence-corrected chi connectivity index (χ0v) is 17.5. The van der Waals surface area contributed by atoms with Crippen LogP contribution in [0.25, 0.3) is 0 Å². The van der Waals surface area contributed by atoms with Crippen LogP contribution in [0.1, 0.15) is 39.2 Å². The number of rotatable bonds is 6. The smallest absolute Gasteiger partial charge is 0.410 e. The number of hydrogen-bond acceptors (Lipinski definition) is 4. The van der Waals surface area contributed by atoms with Gasteiger partial charge < -0.3 is 25.0 Å². The first-order chi connectivity index (χ1) is 13.4. The second kappa shape index (κ2) is 10.9. The van der Waals surface area contributed by atoms with Crippen molar-refractivity contribution in [2.75, 3.05) is 33.3 Å². The Morgan fingerprint density at radius 3 is 2.71 bits per heavy atom. The van der Waals surface area contributed by atoms with Crippen molar-refractivity contribution >= 4 is 12.1 Å². The third kappa shape index (κ3) is 8.17. The third-order valence-electron chi connectivity index (χ3n) is 4.29. The fourth-order valence-electron chi connectivity index (χ4n) is 2.98. The number of hydrogen-bond donors (Lipinski definition) is 2. The summed E-state index contributed by atoms with van der Waals surface area (Å²) < 4.78 is 11.2. The summed E-state index contributed by atoms with van der Waals surface area (Å²) in [6.45, 7) is 8.84. The van der Waals surface area contributed by atoms with Crippen molar-refractivity contribution in [3.8, 4) is 0 Å². The zero-order chi connectivity index (χ0) is 20.4. The van der Waals surface area contributed by atoms with Gasteiger partial charge in [0.25, 0.3) is 0 Å². The summed E-state index contributed by atoms with van der Waals surface area (Å²) in [6.07, 6.45) is 1.68. The van der Waals surface area contributed by atoms with Gasteiger partial charge in [-0.3, -0.25) is 4.99 Å². The highest BCUT2D eigenvalue weighted by atomic mass is 16.6. The molecule has 0 bridgehead atoms. The molecule has 0 radical (unpaired) electrons. The lowest BCUT2D eigenvalue weighted by Gasteiger charge is -2.35. The Bertz CT molecular complexity index is 628. The van der Waals surface area contributed by atoms with Gasteiger partial charge in [-0.2, -0.15) is 0 Å². The Morgan fingerprint density at radius 2 is 2.04 bits per heavy atom. The summed E-state index contributed by atoms with van der Waals surface area (Å²) in [5.41, 5.74) is 0.684. The van der Waals surface area contributed by atoms with Crippen LogP contribution >= 0.6 is 0 Å². The van der Waals surface area contributed by atoms with Gasteiger partial charge in [0.1, 0.15) is 5.60 Å². The Hall–Kier alpha value is -2.28. The molecule has 0 aromatic heterocycles. The molecule has 7 nitrogen and oxygen atoms in total. The molecule has 0 aliphatic carbocycles. The number of benzene rings is 1. The summed E-state index contributed by atoms with van der Waals surface area (Å²) in [6, 6.07) is 10.3. The Labute approximate surface area is 168 Å². The summed E-state index contributed by atoms with van der Waals surface area (Å²) in [4.78, 5) is 18.3. The van der Waals surface area contributed by atoms with Crippen molar-refractivity contribution in [2.45, 2.75) is 51.9 Å². The van der Waals surface area contributed by atoms with E-state index in [1.165, 1.54) is 0 Å². The summed E-state index contributed by atoms with van der Waals surface area (Å²) >= 11 is 0. The fraction of sp³-hybridized carbons (Fsp3) is 0.619. The lowest BCUT2D eigenvalue weighted by molar-refractivity contribution is 0.0193. The van der Waals surface area contributed by atoms with E-state index in [4.69, 9.17) is 9.47 Å².